The zero-order valence-electron chi connectivity index (χ0n) is 26.0. The molecule has 0 unspecified atom stereocenters. The van der Waals surface area contributed by atoms with Crippen molar-refractivity contribution in [1.82, 2.24) is 0 Å². The van der Waals surface area contributed by atoms with Crippen molar-refractivity contribution < 1.29 is 0 Å². The first-order chi connectivity index (χ1) is 22.7. The summed E-state index contributed by atoms with van der Waals surface area (Å²) in [6, 6.07) is 54.2. The van der Waals surface area contributed by atoms with Gasteiger partial charge in [-0.3, -0.25) is 0 Å². The molecule has 1 heterocycles. The van der Waals surface area contributed by atoms with Gasteiger partial charge in [0.2, 0.25) is 0 Å². The van der Waals surface area contributed by atoms with Gasteiger partial charge in [0, 0.05) is 20.2 Å². The van der Waals surface area contributed by atoms with Crippen LogP contribution in [0.3, 0.4) is 0 Å². The minimum Gasteiger partial charge on any atom is -0.135 e. The van der Waals surface area contributed by atoms with E-state index in [0.717, 1.165) is 6.42 Å². The molecule has 0 radical (unpaired) electrons. The van der Waals surface area contributed by atoms with Crippen molar-refractivity contribution >= 4 is 63.8 Å². The maximum absolute atomic E-state index is 2.45. The van der Waals surface area contributed by atoms with E-state index in [4.69, 9.17) is 0 Å². The molecule has 0 amide bonds. The summed E-state index contributed by atoms with van der Waals surface area (Å²) in [5.74, 6) is 0. The summed E-state index contributed by atoms with van der Waals surface area (Å²) in [5, 5.41) is 10.6. The molecule has 9 rings (SSSR count). The molecule has 0 nitrogen and oxygen atoms in total. The Kier molecular flexibility index (Phi) is 6.30. The predicted octanol–water partition coefficient (Wildman–Crippen LogP) is 13.4. The Bertz CT molecular complexity index is 2630. The standard InChI is InChI=1S/C45H32S/c1-3-29-22-23-31(30-12-10-13-32(25-30)33-19-11-20-39-38-18-8-9-21-44(38)46-45(33)39)26-41(29)40-27-43-37-17-7-5-15-35(37)34-14-4-6-16-36(34)42(43)24-28(40)2/h4-27H,3H2,1-2H3. The van der Waals surface area contributed by atoms with Crippen molar-refractivity contribution in [1.29, 1.82) is 0 Å². The molecule has 0 aliphatic heterocycles. The molecule has 218 valence electrons. The number of thiophene rings is 1. The number of hydrogen-bond acceptors (Lipinski definition) is 1. The summed E-state index contributed by atoms with van der Waals surface area (Å²) < 4.78 is 2.70. The molecule has 9 aromatic rings. The van der Waals surface area contributed by atoms with Crippen LogP contribution in [0.5, 0.6) is 0 Å². The first-order valence-corrected chi connectivity index (χ1v) is 17.0. The van der Waals surface area contributed by atoms with E-state index in [-0.39, 0.29) is 0 Å². The molecule has 0 atom stereocenters. The SMILES string of the molecule is CCc1ccc(-c2cccc(-c3cccc4c3sc3ccccc34)c2)cc1-c1cc2c3ccccc3c3ccccc3c2cc1C. The van der Waals surface area contributed by atoms with Crippen LogP contribution in [-0.4, -0.2) is 0 Å². The second-order valence-corrected chi connectivity index (χ2v) is 13.4. The first kappa shape index (κ1) is 27.1. The first-order valence-electron chi connectivity index (χ1n) is 16.2. The maximum Gasteiger partial charge on any atom is 0.0433 e. The number of rotatable bonds is 4. The van der Waals surface area contributed by atoms with Crippen LogP contribution in [0.2, 0.25) is 0 Å². The van der Waals surface area contributed by atoms with E-state index in [0.29, 0.717) is 0 Å². The average Bonchev–Trinajstić information content (AvgIpc) is 3.50. The second-order valence-electron chi connectivity index (χ2n) is 12.4. The van der Waals surface area contributed by atoms with Gasteiger partial charge in [-0.15, -0.1) is 11.3 Å². The Morgan fingerprint density at radius 3 is 1.74 bits per heavy atom. The van der Waals surface area contributed by atoms with E-state index in [1.807, 2.05) is 11.3 Å². The van der Waals surface area contributed by atoms with Crippen molar-refractivity contribution in [2.45, 2.75) is 20.3 Å². The summed E-state index contributed by atoms with van der Waals surface area (Å²) in [4.78, 5) is 0. The smallest absolute Gasteiger partial charge is 0.0433 e. The molecule has 0 aliphatic carbocycles. The Hall–Kier alpha value is -5.24. The van der Waals surface area contributed by atoms with Gasteiger partial charge in [-0.25, -0.2) is 0 Å². The van der Waals surface area contributed by atoms with Gasteiger partial charge in [0.15, 0.2) is 0 Å². The highest BCUT2D eigenvalue weighted by Gasteiger charge is 2.15. The predicted molar refractivity (Wildman–Crippen MR) is 202 cm³/mol. The number of hydrogen-bond donors (Lipinski definition) is 0. The van der Waals surface area contributed by atoms with E-state index >= 15 is 0 Å². The Labute approximate surface area is 273 Å². The Balaban J connectivity index is 1.22. The third kappa shape index (κ3) is 4.20. The van der Waals surface area contributed by atoms with Crippen LogP contribution in [0.25, 0.3) is 85.9 Å². The van der Waals surface area contributed by atoms with Crippen LogP contribution in [-0.2, 0) is 6.42 Å². The van der Waals surface area contributed by atoms with Crippen molar-refractivity contribution in [3.05, 3.63) is 157 Å². The number of fused-ring (bicyclic) bond motifs is 9. The molecule has 0 saturated carbocycles. The fourth-order valence-electron chi connectivity index (χ4n) is 7.51. The van der Waals surface area contributed by atoms with Gasteiger partial charge in [0.05, 0.1) is 0 Å². The molecule has 0 fully saturated rings. The van der Waals surface area contributed by atoms with E-state index in [2.05, 4.69) is 159 Å². The molecule has 1 aromatic heterocycles. The largest absolute Gasteiger partial charge is 0.135 e. The molecular formula is C45H32S. The molecule has 0 N–H and O–H groups in total. The summed E-state index contributed by atoms with van der Waals surface area (Å²) >= 11 is 1.89. The molecular weight excluding hydrogens is 573 g/mol. The summed E-state index contributed by atoms with van der Waals surface area (Å²) in [5.41, 5.74) is 10.4. The van der Waals surface area contributed by atoms with Crippen molar-refractivity contribution in [3.8, 4) is 33.4 Å². The zero-order valence-corrected chi connectivity index (χ0v) is 26.8. The second kappa shape index (κ2) is 10.7. The lowest BCUT2D eigenvalue weighted by Crippen LogP contribution is -1.93. The van der Waals surface area contributed by atoms with Crippen LogP contribution in [0.15, 0.2) is 146 Å². The molecule has 0 spiro atoms. The minimum atomic E-state index is 0.986. The fraction of sp³-hybridized carbons (Fsp3) is 0.0667. The summed E-state index contributed by atoms with van der Waals surface area (Å²) in [7, 11) is 0. The van der Waals surface area contributed by atoms with Gasteiger partial charge in [0.1, 0.15) is 0 Å². The van der Waals surface area contributed by atoms with Gasteiger partial charge in [-0.2, -0.15) is 0 Å². The molecule has 8 aromatic carbocycles. The number of benzene rings is 8. The lowest BCUT2D eigenvalue weighted by molar-refractivity contribution is 1.14. The van der Waals surface area contributed by atoms with Gasteiger partial charge in [0.25, 0.3) is 0 Å². The maximum atomic E-state index is 2.45. The quantitative estimate of drug-likeness (QED) is 0.175. The van der Waals surface area contributed by atoms with Gasteiger partial charge < -0.3 is 0 Å². The topological polar surface area (TPSA) is 0 Å². The highest BCUT2D eigenvalue weighted by molar-refractivity contribution is 7.26. The molecule has 0 saturated heterocycles. The third-order valence-electron chi connectivity index (χ3n) is 9.78. The molecule has 1 heteroatoms. The Morgan fingerprint density at radius 1 is 0.413 bits per heavy atom. The highest BCUT2D eigenvalue weighted by Crippen LogP contribution is 2.42. The third-order valence-corrected chi connectivity index (χ3v) is 11.0. The van der Waals surface area contributed by atoms with Crippen LogP contribution in [0, 0.1) is 6.92 Å². The normalized spacial score (nSPS) is 11.8. The van der Waals surface area contributed by atoms with E-state index in [1.54, 1.807) is 0 Å². The van der Waals surface area contributed by atoms with E-state index < -0.39 is 0 Å². The van der Waals surface area contributed by atoms with E-state index in [1.165, 1.54) is 97.0 Å². The van der Waals surface area contributed by atoms with Crippen molar-refractivity contribution in [3.63, 3.8) is 0 Å². The highest BCUT2D eigenvalue weighted by atomic mass is 32.1. The zero-order chi connectivity index (χ0) is 30.8. The Morgan fingerprint density at radius 2 is 1.00 bits per heavy atom. The lowest BCUT2D eigenvalue weighted by Gasteiger charge is -2.17. The fourth-order valence-corrected chi connectivity index (χ4v) is 8.74. The van der Waals surface area contributed by atoms with Crippen LogP contribution in [0.4, 0.5) is 0 Å². The van der Waals surface area contributed by atoms with Crippen molar-refractivity contribution in [2.24, 2.45) is 0 Å². The van der Waals surface area contributed by atoms with Crippen LogP contribution in [0.1, 0.15) is 18.1 Å². The minimum absolute atomic E-state index is 0.986. The molecule has 46 heavy (non-hydrogen) atoms. The van der Waals surface area contributed by atoms with Crippen LogP contribution < -0.4 is 0 Å². The summed E-state index contributed by atoms with van der Waals surface area (Å²) in [6.07, 6.45) is 0.986. The van der Waals surface area contributed by atoms with Gasteiger partial charge in [-0.1, -0.05) is 128 Å². The molecule has 0 aliphatic rings. The van der Waals surface area contributed by atoms with Gasteiger partial charge >= 0.3 is 0 Å². The van der Waals surface area contributed by atoms with Crippen LogP contribution >= 0.6 is 11.3 Å². The lowest BCUT2D eigenvalue weighted by atomic mass is 9.87. The number of aryl methyl sites for hydroxylation is 2. The molecule has 0 bridgehead atoms. The summed E-state index contributed by atoms with van der Waals surface area (Å²) in [6.45, 7) is 4.54. The van der Waals surface area contributed by atoms with Crippen molar-refractivity contribution in [2.75, 3.05) is 0 Å². The van der Waals surface area contributed by atoms with E-state index in [9.17, 15) is 0 Å². The monoisotopic (exact) mass is 604 g/mol. The average molecular weight is 605 g/mol. The van der Waals surface area contributed by atoms with Gasteiger partial charge in [-0.05, 0) is 114 Å².